The average Bonchev–Trinajstić information content (AvgIpc) is 2.05. The Bertz CT molecular complexity index is 104. The van der Waals surface area contributed by atoms with Crippen LogP contribution < -0.4 is 0 Å². The number of methoxy groups -OCH3 is 1. The standard InChI is InChI=1S/C7H14O3.C2H6O/c1-3-4-9-5-6-10-7(2)8;1-3-2/h3-6H2,1-2H3;1-2H3. The van der Waals surface area contributed by atoms with Crippen molar-refractivity contribution in [2.24, 2.45) is 0 Å². The van der Waals surface area contributed by atoms with Gasteiger partial charge in [-0.15, -0.1) is 0 Å². The van der Waals surface area contributed by atoms with E-state index in [4.69, 9.17) is 4.74 Å². The normalized spacial score (nSPS) is 8.62. The maximum absolute atomic E-state index is 10.2. The van der Waals surface area contributed by atoms with Crippen LogP contribution in [0.3, 0.4) is 0 Å². The van der Waals surface area contributed by atoms with Crippen molar-refractivity contribution < 1.29 is 19.0 Å². The van der Waals surface area contributed by atoms with Gasteiger partial charge < -0.3 is 14.2 Å². The Morgan fingerprint density at radius 2 is 1.69 bits per heavy atom. The molecule has 0 radical (unpaired) electrons. The van der Waals surface area contributed by atoms with Crippen LogP contribution in [-0.4, -0.2) is 40.0 Å². The topological polar surface area (TPSA) is 44.8 Å². The molecule has 0 bridgehead atoms. The average molecular weight is 192 g/mol. The minimum absolute atomic E-state index is 0.250. The Balaban J connectivity index is 0. The molecule has 0 aliphatic heterocycles. The number of esters is 1. The van der Waals surface area contributed by atoms with Crippen molar-refractivity contribution in [2.45, 2.75) is 20.3 Å². The van der Waals surface area contributed by atoms with Crippen LogP contribution in [0.15, 0.2) is 0 Å². The summed E-state index contributed by atoms with van der Waals surface area (Å²) in [6.07, 6.45) is 1.00. The first-order chi connectivity index (χ1) is 6.18. The van der Waals surface area contributed by atoms with E-state index in [0.717, 1.165) is 13.0 Å². The lowest BCUT2D eigenvalue weighted by atomic mass is 10.5. The molecule has 13 heavy (non-hydrogen) atoms. The fourth-order valence-corrected chi connectivity index (χ4v) is 0.491. The molecule has 0 unspecified atom stereocenters. The molecule has 0 aliphatic rings. The predicted octanol–water partition coefficient (Wildman–Crippen LogP) is 1.24. The Morgan fingerprint density at radius 1 is 1.15 bits per heavy atom. The highest BCUT2D eigenvalue weighted by Gasteiger charge is 1.90. The van der Waals surface area contributed by atoms with Crippen LogP contribution in [0, 0.1) is 0 Å². The van der Waals surface area contributed by atoms with Crippen molar-refractivity contribution in [2.75, 3.05) is 34.0 Å². The molecule has 0 N–H and O–H groups in total. The summed E-state index contributed by atoms with van der Waals surface area (Å²) < 4.78 is 13.9. The zero-order chi connectivity index (χ0) is 10.5. The summed E-state index contributed by atoms with van der Waals surface area (Å²) in [5.74, 6) is -0.250. The molecule has 0 rings (SSSR count). The molecule has 0 aliphatic carbocycles. The summed E-state index contributed by atoms with van der Waals surface area (Å²) >= 11 is 0. The molecule has 0 amide bonds. The summed E-state index contributed by atoms with van der Waals surface area (Å²) in [6.45, 7) is 5.04. The largest absolute Gasteiger partial charge is 0.463 e. The van der Waals surface area contributed by atoms with Gasteiger partial charge in [-0.05, 0) is 6.42 Å². The van der Waals surface area contributed by atoms with E-state index in [1.807, 2.05) is 6.92 Å². The quantitative estimate of drug-likeness (QED) is 0.485. The summed E-state index contributed by atoms with van der Waals surface area (Å²) in [7, 11) is 3.25. The molecule has 0 atom stereocenters. The van der Waals surface area contributed by atoms with Gasteiger partial charge in [0.1, 0.15) is 6.61 Å². The zero-order valence-electron chi connectivity index (χ0n) is 8.96. The number of hydrogen-bond donors (Lipinski definition) is 0. The van der Waals surface area contributed by atoms with E-state index in [1.54, 1.807) is 14.2 Å². The van der Waals surface area contributed by atoms with Gasteiger partial charge in [0.2, 0.25) is 0 Å². The van der Waals surface area contributed by atoms with Crippen molar-refractivity contribution in [3.05, 3.63) is 0 Å². The first-order valence-electron chi connectivity index (χ1n) is 4.30. The fourth-order valence-electron chi connectivity index (χ4n) is 0.491. The first-order valence-corrected chi connectivity index (χ1v) is 4.30. The lowest BCUT2D eigenvalue weighted by molar-refractivity contribution is -0.142. The molecule has 0 aromatic carbocycles. The predicted molar refractivity (Wildman–Crippen MR) is 50.7 cm³/mol. The summed E-state index contributed by atoms with van der Waals surface area (Å²) in [4.78, 5) is 10.2. The maximum atomic E-state index is 10.2. The summed E-state index contributed by atoms with van der Waals surface area (Å²) in [6, 6.07) is 0. The van der Waals surface area contributed by atoms with Gasteiger partial charge in [-0.25, -0.2) is 0 Å². The van der Waals surface area contributed by atoms with E-state index in [9.17, 15) is 4.79 Å². The second-order valence-corrected chi connectivity index (χ2v) is 2.36. The van der Waals surface area contributed by atoms with Crippen molar-refractivity contribution in [3.63, 3.8) is 0 Å². The highest BCUT2D eigenvalue weighted by atomic mass is 16.6. The van der Waals surface area contributed by atoms with E-state index in [2.05, 4.69) is 9.47 Å². The lowest BCUT2D eigenvalue weighted by Gasteiger charge is -2.01. The van der Waals surface area contributed by atoms with Gasteiger partial charge in [0.25, 0.3) is 0 Å². The third-order valence-electron chi connectivity index (χ3n) is 0.881. The van der Waals surface area contributed by atoms with E-state index in [0.29, 0.717) is 13.2 Å². The van der Waals surface area contributed by atoms with Crippen molar-refractivity contribution in [1.29, 1.82) is 0 Å². The van der Waals surface area contributed by atoms with Crippen LogP contribution in [0.4, 0.5) is 0 Å². The van der Waals surface area contributed by atoms with Crippen LogP contribution in [0.2, 0.25) is 0 Å². The van der Waals surface area contributed by atoms with Crippen LogP contribution in [0.25, 0.3) is 0 Å². The van der Waals surface area contributed by atoms with Gasteiger partial charge in [0, 0.05) is 27.8 Å². The van der Waals surface area contributed by atoms with Gasteiger partial charge in [0.05, 0.1) is 6.61 Å². The zero-order valence-corrected chi connectivity index (χ0v) is 8.96. The highest BCUT2D eigenvalue weighted by molar-refractivity contribution is 5.65. The van der Waals surface area contributed by atoms with Crippen molar-refractivity contribution in [3.8, 4) is 0 Å². The second kappa shape index (κ2) is 13.9. The smallest absolute Gasteiger partial charge is 0.302 e. The van der Waals surface area contributed by atoms with Gasteiger partial charge >= 0.3 is 5.97 Å². The van der Waals surface area contributed by atoms with Crippen molar-refractivity contribution >= 4 is 5.97 Å². The maximum Gasteiger partial charge on any atom is 0.302 e. The Kier molecular flexibility index (Phi) is 16.0. The van der Waals surface area contributed by atoms with Gasteiger partial charge in [-0.3, -0.25) is 4.79 Å². The molecule has 4 heteroatoms. The van der Waals surface area contributed by atoms with Gasteiger partial charge in [-0.1, -0.05) is 6.92 Å². The third-order valence-corrected chi connectivity index (χ3v) is 0.881. The van der Waals surface area contributed by atoms with E-state index >= 15 is 0 Å². The molecule has 4 nitrogen and oxygen atoms in total. The molecule has 0 heterocycles. The monoisotopic (exact) mass is 192 g/mol. The Labute approximate surface area is 80.2 Å². The summed E-state index contributed by atoms with van der Waals surface area (Å²) in [5.41, 5.74) is 0. The molecule has 80 valence electrons. The molecule has 0 fully saturated rings. The Morgan fingerprint density at radius 3 is 2.08 bits per heavy atom. The van der Waals surface area contributed by atoms with E-state index in [-0.39, 0.29) is 5.97 Å². The van der Waals surface area contributed by atoms with Crippen LogP contribution in [0.5, 0.6) is 0 Å². The van der Waals surface area contributed by atoms with E-state index < -0.39 is 0 Å². The van der Waals surface area contributed by atoms with E-state index in [1.165, 1.54) is 6.92 Å². The molecule has 0 saturated heterocycles. The van der Waals surface area contributed by atoms with Crippen molar-refractivity contribution in [1.82, 2.24) is 0 Å². The highest BCUT2D eigenvalue weighted by Crippen LogP contribution is 1.81. The molecule has 0 aromatic rings. The number of carbonyl (C=O) groups excluding carboxylic acids is 1. The molecular formula is C9H20O4. The molecular weight excluding hydrogens is 172 g/mol. The Hall–Kier alpha value is -0.610. The minimum Gasteiger partial charge on any atom is -0.463 e. The van der Waals surface area contributed by atoms with Gasteiger partial charge in [-0.2, -0.15) is 0 Å². The van der Waals surface area contributed by atoms with Crippen LogP contribution in [-0.2, 0) is 19.0 Å². The van der Waals surface area contributed by atoms with Gasteiger partial charge in [0.15, 0.2) is 0 Å². The number of carbonyl (C=O) groups is 1. The third kappa shape index (κ3) is 24.6. The van der Waals surface area contributed by atoms with Crippen LogP contribution in [0.1, 0.15) is 20.3 Å². The minimum atomic E-state index is -0.250. The second-order valence-electron chi connectivity index (χ2n) is 2.36. The number of rotatable bonds is 5. The van der Waals surface area contributed by atoms with Crippen LogP contribution >= 0.6 is 0 Å². The molecule has 0 spiro atoms. The fraction of sp³-hybridized carbons (Fsp3) is 0.889. The first kappa shape index (κ1) is 14.9. The number of ether oxygens (including phenoxy) is 3. The lowest BCUT2D eigenvalue weighted by Crippen LogP contribution is -2.07. The summed E-state index contributed by atoms with van der Waals surface area (Å²) in [5, 5.41) is 0. The number of hydrogen-bond acceptors (Lipinski definition) is 4. The SMILES string of the molecule is CCCOCCOC(C)=O.COC. The molecule has 0 aromatic heterocycles. The molecule has 0 saturated carbocycles.